The molecule has 0 amide bonds. The molecule has 0 bridgehead atoms. The minimum Gasteiger partial charge on any atom is -0.297 e. The van der Waals surface area contributed by atoms with Gasteiger partial charge in [0.2, 0.25) is 0 Å². The molecule has 1 heterocycles. The summed E-state index contributed by atoms with van der Waals surface area (Å²) in [4.78, 5) is 2.37. The molecule has 1 unspecified atom stereocenters. The fourth-order valence-electron chi connectivity index (χ4n) is 2.89. The van der Waals surface area contributed by atoms with Crippen molar-refractivity contribution in [3.8, 4) is 0 Å². The summed E-state index contributed by atoms with van der Waals surface area (Å²) in [5.74, 6) is 5.85. The lowest BCUT2D eigenvalue weighted by Gasteiger charge is -2.43. The van der Waals surface area contributed by atoms with Crippen LogP contribution in [0.15, 0.2) is 6.20 Å². The van der Waals surface area contributed by atoms with Crippen molar-refractivity contribution in [3.05, 3.63) is 16.9 Å². The van der Waals surface area contributed by atoms with E-state index in [1.165, 1.54) is 0 Å². The molecule has 0 fully saturated rings. The number of hydrazine groups is 1. The first kappa shape index (κ1) is 17.4. The zero-order valence-electron chi connectivity index (χ0n) is 13.3. The quantitative estimate of drug-likeness (QED) is 0.572. The van der Waals surface area contributed by atoms with Crippen molar-refractivity contribution in [2.75, 3.05) is 13.1 Å². The molecule has 1 aromatic heterocycles. The Hall–Kier alpha value is -0.620. The van der Waals surface area contributed by atoms with Crippen LogP contribution in [0.3, 0.4) is 0 Å². The maximum Gasteiger partial charge on any atom is 0.0835 e. The Morgan fingerprint density at radius 3 is 2.45 bits per heavy atom. The number of aryl methyl sites for hydroxylation is 1. The molecule has 116 valence electrons. The molecule has 5 nitrogen and oxygen atoms in total. The van der Waals surface area contributed by atoms with Crippen LogP contribution in [0.1, 0.15) is 52.8 Å². The zero-order valence-corrected chi connectivity index (χ0v) is 14.0. The predicted octanol–water partition coefficient (Wildman–Crippen LogP) is 2.57. The molecule has 20 heavy (non-hydrogen) atoms. The van der Waals surface area contributed by atoms with Gasteiger partial charge in [0, 0.05) is 12.1 Å². The maximum absolute atomic E-state index is 6.35. The van der Waals surface area contributed by atoms with E-state index < -0.39 is 0 Å². The lowest BCUT2D eigenvalue weighted by molar-refractivity contribution is 0.0874. The molecule has 0 aliphatic heterocycles. The van der Waals surface area contributed by atoms with Gasteiger partial charge in [0.15, 0.2) is 0 Å². The van der Waals surface area contributed by atoms with Gasteiger partial charge >= 0.3 is 0 Å². The van der Waals surface area contributed by atoms with Gasteiger partial charge in [0.25, 0.3) is 0 Å². The van der Waals surface area contributed by atoms with Crippen LogP contribution in [0.5, 0.6) is 0 Å². The van der Waals surface area contributed by atoms with Gasteiger partial charge in [0.1, 0.15) is 0 Å². The summed E-state index contributed by atoms with van der Waals surface area (Å²) in [7, 11) is 0. The smallest absolute Gasteiger partial charge is 0.0835 e. The Balaban J connectivity index is 3.21. The molecule has 0 aliphatic rings. The highest BCUT2D eigenvalue weighted by Gasteiger charge is 2.37. The van der Waals surface area contributed by atoms with Crippen LogP contribution in [0.4, 0.5) is 0 Å². The summed E-state index contributed by atoms with van der Waals surface area (Å²) in [6.07, 6.45) is 2.71. The first-order chi connectivity index (χ1) is 9.43. The molecule has 0 aromatic carbocycles. The second-order valence-electron chi connectivity index (χ2n) is 5.53. The van der Waals surface area contributed by atoms with E-state index in [9.17, 15) is 0 Å². The molecule has 1 rings (SSSR count). The number of nitrogens with zero attached hydrogens (tertiary/aromatic N) is 3. The molecular formula is C14H28ClN5. The molecule has 6 heteroatoms. The van der Waals surface area contributed by atoms with Crippen molar-refractivity contribution < 1.29 is 0 Å². The number of likely N-dealkylation sites (N-methyl/N-ethyl adjacent to an activating group) is 1. The molecule has 0 saturated carbocycles. The number of nitrogens with one attached hydrogen (secondary N) is 1. The van der Waals surface area contributed by atoms with Crippen LogP contribution in [0.2, 0.25) is 5.02 Å². The molecule has 1 atom stereocenters. The SMILES string of the molecule is CCCn1ncc(Cl)c1C(NN)C(C)(C)N(CC)CC. The highest BCUT2D eigenvalue weighted by Crippen LogP contribution is 2.34. The minimum absolute atomic E-state index is 0.0797. The average molecular weight is 302 g/mol. The Kier molecular flexibility index (Phi) is 6.45. The molecule has 0 spiro atoms. The number of halogens is 1. The molecule has 3 N–H and O–H groups in total. The lowest BCUT2D eigenvalue weighted by Crippen LogP contribution is -2.54. The summed E-state index contributed by atoms with van der Waals surface area (Å²) in [5.41, 5.74) is 3.75. The third kappa shape index (κ3) is 3.34. The summed E-state index contributed by atoms with van der Waals surface area (Å²) in [5, 5.41) is 5.04. The molecule has 0 aliphatic carbocycles. The van der Waals surface area contributed by atoms with Crippen molar-refractivity contribution in [3.63, 3.8) is 0 Å². The van der Waals surface area contributed by atoms with E-state index >= 15 is 0 Å². The maximum atomic E-state index is 6.35. The van der Waals surface area contributed by atoms with Crippen LogP contribution in [0, 0.1) is 0 Å². The monoisotopic (exact) mass is 301 g/mol. The van der Waals surface area contributed by atoms with Crippen LogP contribution < -0.4 is 11.3 Å². The van der Waals surface area contributed by atoms with Crippen molar-refractivity contribution in [2.45, 2.75) is 59.2 Å². The second kappa shape index (κ2) is 7.41. The van der Waals surface area contributed by atoms with Gasteiger partial charge in [-0.1, -0.05) is 32.4 Å². The Morgan fingerprint density at radius 1 is 1.40 bits per heavy atom. The molecular weight excluding hydrogens is 274 g/mol. The number of hydrogen-bond donors (Lipinski definition) is 2. The molecule has 1 aromatic rings. The summed E-state index contributed by atoms with van der Waals surface area (Å²) >= 11 is 6.35. The first-order valence-corrected chi connectivity index (χ1v) is 7.74. The van der Waals surface area contributed by atoms with Crippen molar-refractivity contribution in [1.82, 2.24) is 20.1 Å². The number of rotatable bonds is 8. The molecule has 0 radical (unpaired) electrons. The van der Waals surface area contributed by atoms with E-state index in [1.807, 2.05) is 4.68 Å². The standard InChI is InChI=1S/C14H28ClN5/c1-6-9-20-12(11(15)10-17-20)13(18-16)14(4,5)19(7-2)8-3/h10,13,18H,6-9,16H2,1-5H3. The Bertz CT molecular complexity index is 412. The summed E-state index contributed by atoms with van der Waals surface area (Å²) in [6.45, 7) is 13.6. The summed E-state index contributed by atoms with van der Waals surface area (Å²) < 4.78 is 1.96. The van der Waals surface area contributed by atoms with Crippen LogP contribution in [0.25, 0.3) is 0 Å². The molecule has 0 saturated heterocycles. The van der Waals surface area contributed by atoms with E-state index in [-0.39, 0.29) is 11.6 Å². The fraction of sp³-hybridized carbons (Fsp3) is 0.786. The van der Waals surface area contributed by atoms with E-state index in [1.54, 1.807) is 6.20 Å². The Labute approximate surface area is 127 Å². The third-order valence-electron chi connectivity index (χ3n) is 3.99. The van der Waals surface area contributed by atoms with Crippen LogP contribution >= 0.6 is 11.6 Å². The van der Waals surface area contributed by atoms with E-state index in [2.05, 4.69) is 50.0 Å². The lowest BCUT2D eigenvalue weighted by atomic mass is 9.90. The fourth-order valence-corrected chi connectivity index (χ4v) is 3.14. The van der Waals surface area contributed by atoms with Crippen molar-refractivity contribution in [1.29, 1.82) is 0 Å². The zero-order chi connectivity index (χ0) is 15.3. The van der Waals surface area contributed by atoms with E-state index in [0.717, 1.165) is 31.7 Å². The predicted molar refractivity (Wildman–Crippen MR) is 84.6 cm³/mol. The van der Waals surface area contributed by atoms with Crippen LogP contribution in [-0.2, 0) is 6.54 Å². The van der Waals surface area contributed by atoms with Crippen molar-refractivity contribution in [2.24, 2.45) is 5.84 Å². The van der Waals surface area contributed by atoms with Gasteiger partial charge in [-0.3, -0.25) is 15.4 Å². The van der Waals surface area contributed by atoms with Gasteiger partial charge < -0.3 is 0 Å². The van der Waals surface area contributed by atoms with Gasteiger partial charge in [-0.2, -0.15) is 5.10 Å². The Morgan fingerprint density at radius 2 is 2.00 bits per heavy atom. The van der Waals surface area contributed by atoms with Crippen LogP contribution in [-0.4, -0.2) is 33.3 Å². The van der Waals surface area contributed by atoms with E-state index in [0.29, 0.717) is 5.02 Å². The van der Waals surface area contributed by atoms with Gasteiger partial charge in [-0.05, 0) is 33.4 Å². The van der Waals surface area contributed by atoms with Gasteiger partial charge in [-0.15, -0.1) is 0 Å². The highest BCUT2D eigenvalue weighted by atomic mass is 35.5. The average Bonchev–Trinajstić information content (AvgIpc) is 2.74. The largest absolute Gasteiger partial charge is 0.297 e. The highest BCUT2D eigenvalue weighted by molar-refractivity contribution is 6.31. The first-order valence-electron chi connectivity index (χ1n) is 7.36. The normalized spacial score (nSPS) is 14.0. The number of hydrogen-bond acceptors (Lipinski definition) is 4. The van der Waals surface area contributed by atoms with Gasteiger partial charge in [-0.25, -0.2) is 5.43 Å². The second-order valence-corrected chi connectivity index (χ2v) is 5.93. The summed E-state index contributed by atoms with van der Waals surface area (Å²) in [6, 6.07) is -0.0797. The third-order valence-corrected chi connectivity index (χ3v) is 4.28. The minimum atomic E-state index is -0.159. The van der Waals surface area contributed by atoms with E-state index in [4.69, 9.17) is 17.4 Å². The van der Waals surface area contributed by atoms with Crippen molar-refractivity contribution >= 4 is 11.6 Å². The van der Waals surface area contributed by atoms with Gasteiger partial charge in [0.05, 0.1) is 23.0 Å². The topological polar surface area (TPSA) is 59.1 Å². The number of nitrogens with two attached hydrogens (primary N) is 1. The number of aromatic nitrogens is 2.